The lowest BCUT2D eigenvalue weighted by molar-refractivity contribution is -0.170. The van der Waals surface area contributed by atoms with E-state index in [9.17, 15) is 9.59 Å². The summed E-state index contributed by atoms with van der Waals surface area (Å²) < 4.78 is 9.73. The molecule has 0 fully saturated rings. The van der Waals surface area contributed by atoms with Crippen molar-refractivity contribution < 1.29 is 19.1 Å². The molecule has 5 heteroatoms. The predicted molar refractivity (Wildman–Crippen MR) is 68.6 cm³/mol. The van der Waals surface area contributed by atoms with E-state index in [0.29, 0.717) is 13.0 Å². The molecule has 0 bridgehead atoms. The fraction of sp³-hybridized carbons (Fsp3) is 0.846. The largest absolute Gasteiger partial charge is 0.428 e. The van der Waals surface area contributed by atoms with E-state index in [4.69, 9.17) is 15.2 Å². The van der Waals surface area contributed by atoms with Crippen LogP contribution in [0.2, 0.25) is 0 Å². The second-order valence-corrected chi connectivity index (χ2v) is 4.26. The van der Waals surface area contributed by atoms with Crippen LogP contribution in [0.5, 0.6) is 0 Å². The zero-order chi connectivity index (χ0) is 13.8. The molecule has 0 amide bonds. The number of hydrogen-bond donors (Lipinski definition) is 1. The normalized spacial score (nSPS) is 10.4. The Labute approximate surface area is 109 Å². The average Bonchev–Trinajstić information content (AvgIpc) is 2.36. The van der Waals surface area contributed by atoms with E-state index in [1.807, 2.05) is 13.8 Å². The Morgan fingerprint density at radius 3 is 2.22 bits per heavy atom. The van der Waals surface area contributed by atoms with Crippen molar-refractivity contribution in [2.75, 3.05) is 13.3 Å². The highest BCUT2D eigenvalue weighted by Crippen LogP contribution is 2.15. The topological polar surface area (TPSA) is 78.6 Å². The Morgan fingerprint density at radius 1 is 1.11 bits per heavy atom. The van der Waals surface area contributed by atoms with Crippen molar-refractivity contribution in [3.05, 3.63) is 0 Å². The zero-order valence-corrected chi connectivity index (χ0v) is 11.4. The molecule has 0 aromatic rings. The molecule has 0 aromatic carbocycles. The van der Waals surface area contributed by atoms with Gasteiger partial charge in [-0.15, -0.1) is 0 Å². The summed E-state index contributed by atoms with van der Waals surface area (Å²) in [6.45, 7) is 4.22. The lowest BCUT2D eigenvalue weighted by Crippen LogP contribution is -2.20. The van der Waals surface area contributed by atoms with Crippen molar-refractivity contribution in [2.24, 2.45) is 11.7 Å². The Bertz CT molecular complexity index is 237. The summed E-state index contributed by atoms with van der Waals surface area (Å²) in [4.78, 5) is 22.8. The first-order valence-corrected chi connectivity index (χ1v) is 6.68. The van der Waals surface area contributed by atoms with E-state index < -0.39 is 0 Å². The van der Waals surface area contributed by atoms with Gasteiger partial charge >= 0.3 is 11.9 Å². The Balaban J connectivity index is 3.82. The molecule has 106 valence electrons. The number of nitrogens with two attached hydrogens (primary N) is 1. The van der Waals surface area contributed by atoms with Gasteiger partial charge in [-0.1, -0.05) is 26.7 Å². The van der Waals surface area contributed by atoms with Crippen LogP contribution in [-0.4, -0.2) is 25.3 Å². The highest BCUT2D eigenvalue weighted by atomic mass is 16.7. The van der Waals surface area contributed by atoms with Gasteiger partial charge in [-0.25, -0.2) is 0 Å². The van der Waals surface area contributed by atoms with E-state index >= 15 is 0 Å². The quantitative estimate of drug-likeness (QED) is 0.479. The summed E-state index contributed by atoms with van der Waals surface area (Å²) in [5, 5.41) is 0. The molecule has 18 heavy (non-hydrogen) atoms. The summed E-state index contributed by atoms with van der Waals surface area (Å²) in [5.74, 6) is -0.733. The van der Waals surface area contributed by atoms with E-state index in [2.05, 4.69) is 0 Å². The van der Waals surface area contributed by atoms with E-state index in [1.165, 1.54) is 0 Å². The number of ether oxygens (including phenoxy) is 2. The Hall–Kier alpha value is -1.10. The molecule has 0 aliphatic heterocycles. The molecule has 0 saturated heterocycles. The van der Waals surface area contributed by atoms with E-state index in [0.717, 1.165) is 25.7 Å². The van der Waals surface area contributed by atoms with Gasteiger partial charge in [0, 0.05) is 6.42 Å². The summed E-state index contributed by atoms with van der Waals surface area (Å²) in [5.41, 5.74) is 5.27. The van der Waals surface area contributed by atoms with Crippen LogP contribution in [-0.2, 0) is 19.1 Å². The van der Waals surface area contributed by atoms with E-state index in [1.54, 1.807) is 0 Å². The third-order valence-electron chi connectivity index (χ3n) is 2.61. The monoisotopic (exact) mass is 259 g/mol. The molecule has 0 aliphatic rings. The molecule has 0 unspecified atom stereocenters. The molecular formula is C13H25NO4. The molecule has 5 nitrogen and oxygen atoms in total. The van der Waals surface area contributed by atoms with Crippen LogP contribution in [0.25, 0.3) is 0 Å². The van der Waals surface area contributed by atoms with Crippen LogP contribution in [0.1, 0.15) is 52.4 Å². The summed E-state index contributed by atoms with van der Waals surface area (Å²) >= 11 is 0. The van der Waals surface area contributed by atoms with Crippen molar-refractivity contribution in [3.63, 3.8) is 0 Å². The smallest absolute Gasteiger partial charge is 0.311 e. The van der Waals surface area contributed by atoms with Gasteiger partial charge in [0.2, 0.25) is 6.79 Å². The van der Waals surface area contributed by atoms with Gasteiger partial charge in [0.05, 0.1) is 5.92 Å². The minimum atomic E-state index is -0.379. The Kier molecular flexibility index (Phi) is 10.3. The van der Waals surface area contributed by atoms with Crippen LogP contribution in [0, 0.1) is 5.92 Å². The lowest BCUT2D eigenvalue weighted by atomic mass is 9.99. The minimum Gasteiger partial charge on any atom is -0.428 e. The number of hydrogen-bond acceptors (Lipinski definition) is 5. The standard InChI is InChI=1S/C13H25NO4/c1-3-6-11(7-4-2)13(16)18-10-17-12(15)8-5-9-14/h11H,3-10,14H2,1-2H3. The van der Waals surface area contributed by atoms with E-state index in [-0.39, 0.29) is 31.1 Å². The summed E-state index contributed by atoms with van der Waals surface area (Å²) in [6.07, 6.45) is 4.36. The zero-order valence-electron chi connectivity index (χ0n) is 11.4. The molecule has 0 spiro atoms. The molecule has 0 rings (SSSR count). The van der Waals surface area contributed by atoms with Crippen LogP contribution < -0.4 is 5.73 Å². The number of carbonyl (C=O) groups excluding carboxylic acids is 2. The summed E-state index contributed by atoms with van der Waals surface area (Å²) in [6, 6.07) is 0. The third kappa shape index (κ3) is 8.06. The fourth-order valence-corrected chi connectivity index (χ4v) is 1.67. The van der Waals surface area contributed by atoms with Crippen molar-refractivity contribution >= 4 is 11.9 Å². The first kappa shape index (κ1) is 16.9. The third-order valence-corrected chi connectivity index (χ3v) is 2.61. The van der Waals surface area contributed by atoms with Crippen molar-refractivity contribution in [3.8, 4) is 0 Å². The van der Waals surface area contributed by atoms with Crippen LogP contribution in [0.3, 0.4) is 0 Å². The first-order valence-electron chi connectivity index (χ1n) is 6.68. The van der Waals surface area contributed by atoms with Gasteiger partial charge in [-0.05, 0) is 25.8 Å². The molecule has 0 heterocycles. The Morgan fingerprint density at radius 2 is 1.72 bits per heavy atom. The number of rotatable bonds is 10. The van der Waals surface area contributed by atoms with Crippen molar-refractivity contribution in [1.82, 2.24) is 0 Å². The SMILES string of the molecule is CCCC(CCC)C(=O)OCOC(=O)CCCN. The van der Waals surface area contributed by atoms with Crippen LogP contribution in [0.4, 0.5) is 0 Å². The van der Waals surface area contributed by atoms with Gasteiger partial charge in [0.1, 0.15) is 0 Å². The second kappa shape index (κ2) is 11.0. The molecular weight excluding hydrogens is 234 g/mol. The molecule has 0 saturated carbocycles. The minimum absolute atomic E-state index is 0.0808. The van der Waals surface area contributed by atoms with Gasteiger partial charge in [0.15, 0.2) is 0 Å². The van der Waals surface area contributed by atoms with Crippen molar-refractivity contribution in [2.45, 2.75) is 52.4 Å². The predicted octanol–water partition coefficient (Wildman–Crippen LogP) is 1.99. The van der Waals surface area contributed by atoms with Gasteiger partial charge in [-0.3, -0.25) is 9.59 Å². The van der Waals surface area contributed by atoms with Crippen molar-refractivity contribution in [1.29, 1.82) is 0 Å². The maximum Gasteiger partial charge on any atom is 0.311 e. The molecule has 0 aliphatic carbocycles. The molecule has 2 N–H and O–H groups in total. The average molecular weight is 259 g/mol. The lowest BCUT2D eigenvalue weighted by Gasteiger charge is -2.14. The molecule has 0 atom stereocenters. The highest BCUT2D eigenvalue weighted by molar-refractivity contribution is 5.73. The second-order valence-electron chi connectivity index (χ2n) is 4.26. The molecule has 0 aromatic heterocycles. The number of carbonyl (C=O) groups is 2. The van der Waals surface area contributed by atoms with Crippen LogP contribution in [0.15, 0.2) is 0 Å². The summed E-state index contributed by atoms with van der Waals surface area (Å²) in [7, 11) is 0. The fourth-order valence-electron chi connectivity index (χ4n) is 1.67. The van der Waals surface area contributed by atoms with Gasteiger partial charge < -0.3 is 15.2 Å². The number of esters is 2. The maximum atomic E-state index is 11.7. The van der Waals surface area contributed by atoms with Gasteiger partial charge in [-0.2, -0.15) is 0 Å². The maximum absolute atomic E-state index is 11.7. The first-order chi connectivity index (χ1) is 8.65. The van der Waals surface area contributed by atoms with Crippen LogP contribution >= 0.6 is 0 Å². The highest BCUT2D eigenvalue weighted by Gasteiger charge is 2.18. The molecule has 0 radical (unpaired) electrons. The van der Waals surface area contributed by atoms with Gasteiger partial charge in [0.25, 0.3) is 0 Å².